The molecule has 4 heterocycles. The van der Waals surface area contributed by atoms with Gasteiger partial charge in [-0.25, -0.2) is 9.97 Å². The second-order valence-electron chi connectivity index (χ2n) is 6.35. The average Bonchev–Trinajstić information content (AvgIpc) is 3.10. The SMILES string of the molecule is CCCc1nc(C2CC3CCC2O3)nc2c1CNCC2. The van der Waals surface area contributed by atoms with Crippen LogP contribution in [0.2, 0.25) is 0 Å². The molecular formula is C16H23N3O. The Hall–Kier alpha value is -1.00. The number of nitrogens with zero attached hydrogens (tertiary/aromatic N) is 2. The highest BCUT2D eigenvalue weighted by molar-refractivity contribution is 5.30. The minimum Gasteiger partial charge on any atom is -0.374 e. The van der Waals surface area contributed by atoms with Crippen molar-refractivity contribution in [1.29, 1.82) is 0 Å². The highest BCUT2D eigenvalue weighted by Gasteiger charge is 2.43. The summed E-state index contributed by atoms with van der Waals surface area (Å²) in [4.78, 5) is 9.87. The smallest absolute Gasteiger partial charge is 0.134 e. The van der Waals surface area contributed by atoms with Crippen LogP contribution in [0, 0.1) is 0 Å². The quantitative estimate of drug-likeness (QED) is 0.916. The summed E-state index contributed by atoms with van der Waals surface area (Å²) in [5, 5.41) is 3.45. The minimum absolute atomic E-state index is 0.384. The van der Waals surface area contributed by atoms with E-state index in [1.807, 2.05) is 0 Å². The molecule has 20 heavy (non-hydrogen) atoms. The first-order valence-corrected chi connectivity index (χ1v) is 8.10. The van der Waals surface area contributed by atoms with Gasteiger partial charge in [0.2, 0.25) is 0 Å². The molecular weight excluding hydrogens is 250 g/mol. The molecule has 0 aliphatic carbocycles. The van der Waals surface area contributed by atoms with Crippen LogP contribution in [0.4, 0.5) is 0 Å². The van der Waals surface area contributed by atoms with Gasteiger partial charge in [-0.05, 0) is 25.7 Å². The predicted molar refractivity (Wildman–Crippen MR) is 76.7 cm³/mol. The standard InChI is InChI=1S/C16H23N3O/c1-2-3-13-12-9-17-7-6-14(12)19-16(18-13)11-8-10-4-5-15(11)20-10/h10-11,15,17H,2-9H2,1H3. The second-order valence-corrected chi connectivity index (χ2v) is 6.35. The van der Waals surface area contributed by atoms with Crippen LogP contribution in [-0.4, -0.2) is 28.7 Å². The summed E-state index contributed by atoms with van der Waals surface area (Å²) < 4.78 is 5.99. The van der Waals surface area contributed by atoms with E-state index in [0.29, 0.717) is 18.1 Å². The van der Waals surface area contributed by atoms with E-state index in [-0.39, 0.29) is 0 Å². The van der Waals surface area contributed by atoms with Crippen LogP contribution in [0.1, 0.15) is 61.3 Å². The van der Waals surface area contributed by atoms with Gasteiger partial charge in [0.1, 0.15) is 5.82 Å². The van der Waals surface area contributed by atoms with Gasteiger partial charge < -0.3 is 10.1 Å². The normalized spacial score (nSPS) is 31.6. The van der Waals surface area contributed by atoms with Gasteiger partial charge in [-0.15, -0.1) is 0 Å². The first-order chi connectivity index (χ1) is 9.85. The predicted octanol–water partition coefficient (Wildman–Crippen LogP) is 2.11. The van der Waals surface area contributed by atoms with Crippen LogP contribution in [0.15, 0.2) is 0 Å². The lowest BCUT2D eigenvalue weighted by Crippen LogP contribution is -2.28. The Balaban J connectivity index is 1.71. The number of ether oxygens (including phenoxy) is 1. The van der Waals surface area contributed by atoms with Crippen molar-refractivity contribution in [3.63, 3.8) is 0 Å². The van der Waals surface area contributed by atoms with Gasteiger partial charge >= 0.3 is 0 Å². The van der Waals surface area contributed by atoms with Gasteiger partial charge in [-0.1, -0.05) is 13.3 Å². The maximum absolute atomic E-state index is 5.99. The number of aryl methyl sites for hydroxylation is 1. The maximum Gasteiger partial charge on any atom is 0.134 e. The molecule has 4 nitrogen and oxygen atoms in total. The Morgan fingerprint density at radius 1 is 1.30 bits per heavy atom. The fourth-order valence-corrected chi connectivity index (χ4v) is 3.95. The Kier molecular flexibility index (Phi) is 3.23. The van der Waals surface area contributed by atoms with E-state index in [1.165, 1.54) is 29.8 Å². The van der Waals surface area contributed by atoms with E-state index in [4.69, 9.17) is 14.7 Å². The Labute approximate surface area is 120 Å². The zero-order valence-electron chi connectivity index (χ0n) is 12.2. The molecule has 1 aromatic heterocycles. The number of hydrogen-bond acceptors (Lipinski definition) is 4. The largest absolute Gasteiger partial charge is 0.374 e. The molecule has 0 aromatic carbocycles. The van der Waals surface area contributed by atoms with Crippen molar-refractivity contribution in [3.8, 4) is 0 Å². The molecule has 1 N–H and O–H groups in total. The van der Waals surface area contributed by atoms with Gasteiger partial charge in [0, 0.05) is 36.7 Å². The molecule has 2 bridgehead atoms. The van der Waals surface area contributed by atoms with E-state index in [0.717, 1.165) is 44.6 Å². The molecule has 4 heteroatoms. The molecule has 3 aliphatic heterocycles. The lowest BCUT2D eigenvalue weighted by Gasteiger charge is -2.23. The molecule has 4 rings (SSSR count). The number of aromatic nitrogens is 2. The molecule has 1 aromatic rings. The zero-order valence-corrected chi connectivity index (χ0v) is 12.2. The first kappa shape index (κ1) is 12.7. The zero-order chi connectivity index (χ0) is 13.5. The summed E-state index contributed by atoms with van der Waals surface area (Å²) in [5.74, 6) is 1.52. The molecule has 2 saturated heterocycles. The van der Waals surface area contributed by atoms with Crippen LogP contribution in [0.25, 0.3) is 0 Å². The van der Waals surface area contributed by atoms with Gasteiger partial charge in [0.05, 0.1) is 17.9 Å². The Morgan fingerprint density at radius 2 is 2.25 bits per heavy atom. The summed E-state index contributed by atoms with van der Waals surface area (Å²) in [6, 6.07) is 0. The molecule has 0 spiro atoms. The van der Waals surface area contributed by atoms with Gasteiger partial charge in [0.25, 0.3) is 0 Å². The van der Waals surface area contributed by atoms with Gasteiger partial charge in [-0.3, -0.25) is 0 Å². The fraction of sp³-hybridized carbons (Fsp3) is 0.750. The summed E-state index contributed by atoms with van der Waals surface area (Å²) in [6.07, 6.45) is 7.68. The monoisotopic (exact) mass is 273 g/mol. The Morgan fingerprint density at radius 3 is 3.00 bits per heavy atom. The van der Waals surface area contributed by atoms with Crippen molar-refractivity contribution in [1.82, 2.24) is 15.3 Å². The lowest BCUT2D eigenvalue weighted by atomic mass is 9.88. The van der Waals surface area contributed by atoms with Gasteiger partial charge in [0.15, 0.2) is 0 Å². The summed E-state index contributed by atoms with van der Waals surface area (Å²) in [5.41, 5.74) is 3.94. The maximum atomic E-state index is 5.99. The molecule has 2 fully saturated rings. The molecule has 0 saturated carbocycles. The lowest BCUT2D eigenvalue weighted by molar-refractivity contribution is 0.0998. The Bertz CT molecular complexity index is 517. The van der Waals surface area contributed by atoms with Crippen LogP contribution < -0.4 is 5.32 Å². The number of rotatable bonds is 3. The number of fused-ring (bicyclic) bond motifs is 3. The van der Waals surface area contributed by atoms with Crippen molar-refractivity contribution in [3.05, 3.63) is 22.8 Å². The third-order valence-corrected chi connectivity index (χ3v) is 4.96. The average molecular weight is 273 g/mol. The molecule has 0 amide bonds. The van der Waals surface area contributed by atoms with Crippen molar-refractivity contribution in [2.75, 3.05) is 6.54 Å². The molecule has 3 aliphatic rings. The van der Waals surface area contributed by atoms with Crippen LogP contribution in [0.5, 0.6) is 0 Å². The van der Waals surface area contributed by atoms with E-state index >= 15 is 0 Å². The molecule has 3 unspecified atom stereocenters. The van der Waals surface area contributed by atoms with Crippen molar-refractivity contribution < 1.29 is 4.74 Å². The molecule has 108 valence electrons. The number of hydrogen-bond donors (Lipinski definition) is 1. The minimum atomic E-state index is 0.384. The van der Waals surface area contributed by atoms with Crippen molar-refractivity contribution in [2.45, 2.75) is 70.1 Å². The van der Waals surface area contributed by atoms with E-state index in [1.54, 1.807) is 0 Å². The van der Waals surface area contributed by atoms with E-state index in [2.05, 4.69) is 12.2 Å². The first-order valence-electron chi connectivity index (χ1n) is 8.10. The summed E-state index contributed by atoms with van der Waals surface area (Å²) in [7, 11) is 0. The van der Waals surface area contributed by atoms with Crippen molar-refractivity contribution >= 4 is 0 Å². The molecule has 3 atom stereocenters. The van der Waals surface area contributed by atoms with Gasteiger partial charge in [-0.2, -0.15) is 0 Å². The van der Waals surface area contributed by atoms with Crippen LogP contribution >= 0.6 is 0 Å². The third kappa shape index (κ3) is 2.06. The summed E-state index contributed by atoms with van der Waals surface area (Å²) >= 11 is 0. The van der Waals surface area contributed by atoms with Crippen LogP contribution in [-0.2, 0) is 24.1 Å². The van der Waals surface area contributed by atoms with Crippen molar-refractivity contribution in [2.24, 2.45) is 0 Å². The summed E-state index contributed by atoms with van der Waals surface area (Å²) in [6.45, 7) is 4.21. The number of nitrogens with one attached hydrogen (secondary N) is 1. The third-order valence-electron chi connectivity index (χ3n) is 4.96. The van der Waals surface area contributed by atoms with E-state index < -0.39 is 0 Å². The highest BCUT2D eigenvalue weighted by atomic mass is 16.5. The molecule has 0 radical (unpaired) electrons. The fourth-order valence-electron chi connectivity index (χ4n) is 3.95. The van der Waals surface area contributed by atoms with Crippen LogP contribution in [0.3, 0.4) is 0 Å². The topological polar surface area (TPSA) is 47.0 Å². The second kappa shape index (κ2) is 5.08. The van der Waals surface area contributed by atoms with E-state index in [9.17, 15) is 0 Å². The highest BCUT2D eigenvalue weighted by Crippen LogP contribution is 2.43.